The Balaban J connectivity index is 1.95. The number of anilines is 1. The largest absolute Gasteiger partial charge is 0.391 e. The molecule has 2 heterocycles. The van der Waals surface area contributed by atoms with Crippen LogP contribution >= 0.6 is 11.6 Å². The van der Waals surface area contributed by atoms with Crippen LogP contribution < -0.4 is 4.90 Å². The number of β-amino-alcohol motifs (C(OH)–C–C–N with tert-alkyl or cyclic N) is 1. The first-order valence-electron chi connectivity index (χ1n) is 6.42. The second-order valence-corrected chi connectivity index (χ2v) is 5.37. The molecule has 1 N–H and O–H groups in total. The second kappa shape index (κ2) is 5.54. The lowest BCUT2D eigenvalue weighted by molar-refractivity contribution is 0.194. The molecule has 21 heavy (non-hydrogen) atoms. The quantitative estimate of drug-likeness (QED) is 0.926. The van der Waals surface area contributed by atoms with Gasteiger partial charge in [-0.25, -0.2) is 18.7 Å². The summed E-state index contributed by atoms with van der Waals surface area (Å²) in [5, 5.41) is 10.3. The number of halogens is 3. The van der Waals surface area contributed by atoms with Gasteiger partial charge in [0.05, 0.1) is 29.6 Å². The summed E-state index contributed by atoms with van der Waals surface area (Å²) < 4.78 is 26.5. The highest BCUT2D eigenvalue weighted by Gasteiger charge is 2.34. The third-order valence-corrected chi connectivity index (χ3v) is 3.67. The summed E-state index contributed by atoms with van der Waals surface area (Å²) in [5.41, 5.74) is 0.573. The van der Waals surface area contributed by atoms with Crippen LogP contribution in [0.3, 0.4) is 0 Å². The molecule has 110 valence electrons. The van der Waals surface area contributed by atoms with E-state index >= 15 is 0 Å². The van der Waals surface area contributed by atoms with Crippen LogP contribution in [0.2, 0.25) is 5.02 Å². The first kappa shape index (κ1) is 14.2. The van der Waals surface area contributed by atoms with Gasteiger partial charge in [0.25, 0.3) is 0 Å². The second-order valence-electron chi connectivity index (χ2n) is 4.93. The van der Waals surface area contributed by atoms with Gasteiger partial charge in [0, 0.05) is 6.54 Å². The molecule has 0 amide bonds. The van der Waals surface area contributed by atoms with Gasteiger partial charge in [-0.05, 0) is 24.1 Å². The van der Waals surface area contributed by atoms with Gasteiger partial charge in [-0.2, -0.15) is 0 Å². The van der Waals surface area contributed by atoms with Gasteiger partial charge < -0.3 is 10.0 Å². The fourth-order valence-electron chi connectivity index (χ4n) is 2.52. The number of rotatable bonds is 2. The normalized spacial score (nSPS) is 21.8. The van der Waals surface area contributed by atoms with E-state index in [-0.39, 0.29) is 6.04 Å². The van der Waals surface area contributed by atoms with Gasteiger partial charge in [0.15, 0.2) is 11.6 Å². The summed E-state index contributed by atoms with van der Waals surface area (Å²) in [5.74, 6) is -1.41. The van der Waals surface area contributed by atoms with Crippen molar-refractivity contribution in [2.24, 2.45) is 0 Å². The van der Waals surface area contributed by atoms with Crippen molar-refractivity contribution in [2.45, 2.75) is 18.6 Å². The van der Waals surface area contributed by atoms with Crippen molar-refractivity contribution in [3.8, 4) is 0 Å². The zero-order valence-corrected chi connectivity index (χ0v) is 11.6. The van der Waals surface area contributed by atoms with Crippen molar-refractivity contribution in [3.05, 3.63) is 52.8 Å². The molecule has 0 saturated carbocycles. The lowest BCUT2D eigenvalue weighted by Gasteiger charge is -2.24. The molecule has 1 aliphatic rings. The first-order valence-corrected chi connectivity index (χ1v) is 6.79. The zero-order chi connectivity index (χ0) is 15.0. The summed E-state index contributed by atoms with van der Waals surface area (Å²) in [6.45, 7) is 0.325. The van der Waals surface area contributed by atoms with Crippen molar-refractivity contribution in [1.29, 1.82) is 0 Å². The lowest BCUT2D eigenvalue weighted by Crippen LogP contribution is -2.26. The monoisotopic (exact) mass is 311 g/mol. The van der Waals surface area contributed by atoms with Crippen molar-refractivity contribution < 1.29 is 13.9 Å². The van der Waals surface area contributed by atoms with Gasteiger partial charge in [-0.15, -0.1) is 0 Å². The van der Waals surface area contributed by atoms with Crippen LogP contribution in [0.1, 0.15) is 18.0 Å². The lowest BCUT2D eigenvalue weighted by atomic mass is 10.0. The standard InChI is InChI=1S/C14H12ClF2N3O/c15-9-5-18-14(19-6-9)20-7-10(21)4-13(20)8-1-2-11(16)12(17)3-8/h1-3,5-6,10,13,21H,4,7H2/t10-,13-/m0/s1. The molecule has 0 unspecified atom stereocenters. The van der Waals surface area contributed by atoms with Gasteiger partial charge in [0.1, 0.15) is 0 Å². The van der Waals surface area contributed by atoms with Crippen molar-refractivity contribution in [2.75, 3.05) is 11.4 Å². The molecule has 2 atom stereocenters. The minimum Gasteiger partial charge on any atom is -0.391 e. The Hall–Kier alpha value is -1.79. The summed E-state index contributed by atoms with van der Waals surface area (Å²) in [6.07, 6.45) is 2.73. The Morgan fingerprint density at radius 1 is 1.19 bits per heavy atom. The van der Waals surface area contributed by atoms with E-state index in [2.05, 4.69) is 9.97 Å². The third-order valence-electron chi connectivity index (χ3n) is 3.47. The number of nitrogens with zero attached hydrogens (tertiary/aromatic N) is 3. The van der Waals surface area contributed by atoms with E-state index < -0.39 is 17.7 Å². The Morgan fingerprint density at radius 3 is 2.57 bits per heavy atom. The number of aromatic nitrogens is 2. The average molecular weight is 312 g/mol. The number of aliphatic hydroxyl groups excluding tert-OH is 1. The fraction of sp³-hybridized carbons (Fsp3) is 0.286. The van der Waals surface area contributed by atoms with Crippen LogP contribution in [0.15, 0.2) is 30.6 Å². The minimum atomic E-state index is -0.911. The third kappa shape index (κ3) is 2.82. The van der Waals surface area contributed by atoms with Gasteiger partial charge in [0.2, 0.25) is 5.95 Å². The topological polar surface area (TPSA) is 49.2 Å². The van der Waals surface area contributed by atoms with Crippen LogP contribution in [0, 0.1) is 11.6 Å². The number of hydrogen-bond donors (Lipinski definition) is 1. The summed E-state index contributed by atoms with van der Waals surface area (Å²) in [4.78, 5) is 9.99. The Morgan fingerprint density at radius 2 is 1.90 bits per heavy atom. The maximum atomic E-state index is 13.4. The number of aliphatic hydroxyl groups is 1. The van der Waals surface area contributed by atoms with E-state index in [0.29, 0.717) is 29.5 Å². The van der Waals surface area contributed by atoms with E-state index in [4.69, 9.17) is 11.6 Å². The van der Waals surface area contributed by atoms with Crippen LogP contribution in [-0.4, -0.2) is 27.7 Å². The molecule has 1 fully saturated rings. The maximum absolute atomic E-state index is 13.4. The van der Waals surface area contributed by atoms with Gasteiger partial charge >= 0.3 is 0 Å². The van der Waals surface area contributed by atoms with E-state index in [1.165, 1.54) is 18.5 Å². The highest BCUT2D eigenvalue weighted by atomic mass is 35.5. The molecule has 2 aromatic rings. The smallest absolute Gasteiger partial charge is 0.225 e. The van der Waals surface area contributed by atoms with Crippen LogP contribution in [0.25, 0.3) is 0 Å². The molecule has 3 rings (SSSR count). The molecule has 0 bridgehead atoms. The highest BCUT2D eigenvalue weighted by Crippen LogP contribution is 2.35. The fourth-order valence-corrected chi connectivity index (χ4v) is 2.62. The SMILES string of the molecule is O[C@H]1C[C@@H](c2ccc(F)c(F)c2)N(c2ncc(Cl)cn2)C1. The number of hydrogen-bond acceptors (Lipinski definition) is 4. The van der Waals surface area contributed by atoms with Crippen molar-refractivity contribution in [3.63, 3.8) is 0 Å². The van der Waals surface area contributed by atoms with Crippen LogP contribution in [0.5, 0.6) is 0 Å². The van der Waals surface area contributed by atoms with E-state index in [9.17, 15) is 13.9 Å². The molecular weight excluding hydrogens is 300 g/mol. The predicted molar refractivity (Wildman–Crippen MR) is 74.1 cm³/mol. The molecule has 4 nitrogen and oxygen atoms in total. The maximum Gasteiger partial charge on any atom is 0.225 e. The van der Waals surface area contributed by atoms with Crippen LogP contribution in [-0.2, 0) is 0 Å². The summed E-state index contributed by atoms with van der Waals surface area (Å²) in [6, 6.07) is 3.41. The highest BCUT2D eigenvalue weighted by molar-refractivity contribution is 6.30. The minimum absolute atomic E-state index is 0.309. The summed E-state index contributed by atoms with van der Waals surface area (Å²) in [7, 11) is 0. The van der Waals surface area contributed by atoms with Crippen molar-refractivity contribution in [1.82, 2.24) is 9.97 Å². The zero-order valence-electron chi connectivity index (χ0n) is 10.9. The summed E-state index contributed by atoms with van der Waals surface area (Å²) >= 11 is 5.75. The molecule has 0 radical (unpaired) electrons. The molecule has 1 aromatic heterocycles. The van der Waals surface area contributed by atoms with E-state index in [1.54, 1.807) is 4.90 Å². The molecule has 1 saturated heterocycles. The Bertz CT molecular complexity index is 653. The van der Waals surface area contributed by atoms with E-state index in [1.807, 2.05) is 0 Å². The van der Waals surface area contributed by atoms with Gasteiger partial charge in [-0.3, -0.25) is 0 Å². The molecular formula is C14H12ClF2N3O. The van der Waals surface area contributed by atoms with Gasteiger partial charge in [-0.1, -0.05) is 17.7 Å². The Labute approximate surface area is 125 Å². The predicted octanol–water partition coefficient (Wildman–Crippen LogP) is 2.72. The average Bonchev–Trinajstić information content (AvgIpc) is 2.85. The molecule has 0 aliphatic carbocycles. The molecule has 0 spiro atoms. The van der Waals surface area contributed by atoms with Crippen LogP contribution in [0.4, 0.5) is 14.7 Å². The number of benzene rings is 1. The Kier molecular flexibility index (Phi) is 3.73. The first-order chi connectivity index (χ1) is 10.0. The van der Waals surface area contributed by atoms with E-state index in [0.717, 1.165) is 12.1 Å². The molecule has 7 heteroatoms. The van der Waals surface area contributed by atoms with Crippen molar-refractivity contribution >= 4 is 17.5 Å². The molecule has 1 aliphatic heterocycles. The molecule has 1 aromatic carbocycles.